The lowest BCUT2D eigenvalue weighted by molar-refractivity contribution is -0.136. The van der Waals surface area contributed by atoms with E-state index >= 15 is 0 Å². The Hall–Kier alpha value is -2.69. The first-order valence-corrected chi connectivity index (χ1v) is 6.33. The molecule has 0 fully saturated rings. The quantitative estimate of drug-likeness (QED) is 0.604. The minimum atomic E-state index is -0.494. The molecular weight excluding hydrogens is 272 g/mol. The molecule has 0 radical (unpaired) electrons. The summed E-state index contributed by atoms with van der Waals surface area (Å²) in [4.78, 5) is 11.7. The topological polar surface area (TPSA) is 54.0 Å². The monoisotopic (exact) mass is 288 g/mol. The Kier molecular flexibility index (Phi) is 5.04. The maximum absolute atomic E-state index is 11.7. The van der Waals surface area contributed by atoms with Gasteiger partial charge >= 0.3 is 5.97 Å². The molecule has 0 saturated carbocycles. The molecule has 0 saturated heterocycles. The first kappa shape index (κ1) is 14.7. The van der Waals surface area contributed by atoms with Gasteiger partial charge in [-0.05, 0) is 36.4 Å². The fraction of sp³-hybridized carbons (Fsp3) is 0.188. The summed E-state index contributed by atoms with van der Waals surface area (Å²) < 4.78 is 20.7. The van der Waals surface area contributed by atoms with Gasteiger partial charge < -0.3 is 18.9 Å². The van der Waals surface area contributed by atoms with E-state index in [2.05, 4.69) is 0 Å². The van der Waals surface area contributed by atoms with Crippen molar-refractivity contribution in [2.24, 2.45) is 0 Å². The molecule has 5 heteroatoms. The van der Waals surface area contributed by atoms with Crippen molar-refractivity contribution in [3.63, 3.8) is 0 Å². The van der Waals surface area contributed by atoms with Crippen LogP contribution in [0.4, 0.5) is 0 Å². The number of hydrogen-bond donors (Lipinski definition) is 0. The number of carbonyl (C=O) groups excluding carboxylic acids is 1. The molecule has 0 aromatic heterocycles. The molecule has 0 spiro atoms. The predicted octanol–water partition coefficient (Wildman–Crippen LogP) is 2.69. The molecular formula is C16H16O5. The van der Waals surface area contributed by atoms with Crippen molar-refractivity contribution in [3.8, 4) is 23.0 Å². The minimum Gasteiger partial charge on any atom is -0.497 e. The van der Waals surface area contributed by atoms with Crippen LogP contribution in [-0.2, 0) is 4.79 Å². The van der Waals surface area contributed by atoms with Crippen molar-refractivity contribution in [1.82, 2.24) is 0 Å². The molecule has 0 bridgehead atoms. The van der Waals surface area contributed by atoms with Crippen LogP contribution in [0.3, 0.4) is 0 Å². The molecule has 0 amide bonds. The van der Waals surface area contributed by atoms with Crippen molar-refractivity contribution in [3.05, 3.63) is 48.5 Å². The smallest absolute Gasteiger partial charge is 0.349 e. The van der Waals surface area contributed by atoms with Crippen LogP contribution in [0.5, 0.6) is 23.0 Å². The van der Waals surface area contributed by atoms with Gasteiger partial charge in [0.2, 0.25) is 0 Å². The SMILES string of the molecule is COc1ccc(OC(=O)COc2ccccc2OC)cc1. The van der Waals surface area contributed by atoms with Gasteiger partial charge in [0.1, 0.15) is 11.5 Å². The van der Waals surface area contributed by atoms with E-state index in [0.29, 0.717) is 23.0 Å². The molecule has 0 unspecified atom stereocenters. The summed E-state index contributed by atoms with van der Waals surface area (Å²) in [5.74, 6) is 1.69. The summed E-state index contributed by atoms with van der Waals surface area (Å²) in [6.45, 7) is -0.202. The van der Waals surface area contributed by atoms with Gasteiger partial charge in [0.15, 0.2) is 18.1 Å². The molecule has 110 valence electrons. The maximum Gasteiger partial charge on any atom is 0.349 e. The van der Waals surface area contributed by atoms with Gasteiger partial charge in [0, 0.05) is 0 Å². The number of methoxy groups -OCH3 is 2. The molecule has 0 aliphatic carbocycles. The Labute approximate surface area is 123 Å². The molecule has 2 aromatic rings. The van der Waals surface area contributed by atoms with E-state index in [1.54, 1.807) is 49.6 Å². The first-order chi connectivity index (χ1) is 10.2. The fourth-order valence-electron chi connectivity index (χ4n) is 1.68. The third kappa shape index (κ3) is 4.14. The average Bonchev–Trinajstić information content (AvgIpc) is 2.54. The van der Waals surface area contributed by atoms with Crippen LogP contribution in [0.15, 0.2) is 48.5 Å². The molecule has 0 atom stereocenters. The van der Waals surface area contributed by atoms with Crippen molar-refractivity contribution >= 4 is 5.97 Å². The van der Waals surface area contributed by atoms with Crippen LogP contribution >= 0.6 is 0 Å². The highest BCUT2D eigenvalue weighted by atomic mass is 16.6. The number of para-hydroxylation sites is 2. The van der Waals surface area contributed by atoms with Gasteiger partial charge in [0.25, 0.3) is 0 Å². The van der Waals surface area contributed by atoms with E-state index in [9.17, 15) is 4.79 Å². The molecule has 2 aromatic carbocycles. The van der Waals surface area contributed by atoms with Gasteiger partial charge in [-0.3, -0.25) is 0 Å². The lowest BCUT2D eigenvalue weighted by atomic mass is 10.3. The number of esters is 1. The number of hydrogen-bond acceptors (Lipinski definition) is 5. The maximum atomic E-state index is 11.7. The zero-order valence-electron chi connectivity index (χ0n) is 11.9. The van der Waals surface area contributed by atoms with Crippen molar-refractivity contribution in [2.45, 2.75) is 0 Å². The molecule has 0 N–H and O–H groups in total. The third-order valence-corrected chi connectivity index (χ3v) is 2.71. The van der Waals surface area contributed by atoms with Gasteiger partial charge in [-0.1, -0.05) is 12.1 Å². The van der Waals surface area contributed by atoms with E-state index in [1.807, 2.05) is 6.07 Å². The summed E-state index contributed by atoms with van der Waals surface area (Å²) in [5.41, 5.74) is 0. The van der Waals surface area contributed by atoms with Crippen LogP contribution in [0, 0.1) is 0 Å². The molecule has 5 nitrogen and oxygen atoms in total. The van der Waals surface area contributed by atoms with E-state index in [-0.39, 0.29) is 6.61 Å². The Morgan fingerprint density at radius 1 is 0.857 bits per heavy atom. The summed E-state index contributed by atoms with van der Waals surface area (Å²) in [5, 5.41) is 0. The minimum absolute atomic E-state index is 0.202. The summed E-state index contributed by atoms with van der Waals surface area (Å²) in [7, 11) is 3.11. The predicted molar refractivity (Wildman–Crippen MR) is 77.1 cm³/mol. The normalized spacial score (nSPS) is 9.81. The van der Waals surface area contributed by atoms with Gasteiger partial charge in [-0.2, -0.15) is 0 Å². The van der Waals surface area contributed by atoms with E-state index in [0.717, 1.165) is 0 Å². The van der Waals surface area contributed by atoms with E-state index in [1.165, 1.54) is 7.11 Å². The zero-order valence-corrected chi connectivity index (χ0v) is 11.9. The lowest BCUT2D eigenvalue weighted by Crippen LogP contribution is -2.17. The average molecular weight is 288 g/mol. The van der Waals surface area contributed by atoms with Crippen LogP contribution in [0.25, 0.3) is 0 Å². The van der Waals surface area contributed by atoms with Crippen LogP contribution in [-0.4, -0.2) is 26.8 Å². The Morgan fingerprint density at radius 3 is 2.10 bits per heavy atom. The third-order valence-electron chi connectivity index (χ3n) is 2.71. The summed E-state index contributed by atoms with van der Waals surface area (Å²) in [6, 6.07) is 13.8. The van der Waals surface area contributed by atoms with Crippen LogP contribution in [0.2, 0.25) is 0 Å². The zero-order chi connectivity index (χ0) is 15.1. The van der Waals surface area contributed by atoms with Gasteiger partial charge in [-0.15, -0.1) is 0 Å². The Balaban J connectivity index is 1.89. The second kappa shape index (κ2) is 7.19. The largest absolute Gasteiger partial charge is 0.497 e. The lowest BCUT2D eigenvalue weighted by Gasteiger charge is -2.10. The van der Waals surface area contributed by atoms with E-state index in [4.69, 9.17) is 18.9 Å². The summed E-state index contributed by atoms with van der Waals surface area (Å²) in [6.07, 6.45) is 0. The fourth-order valence-corrected chi connectivity index (χ4v) is 1.68. The highest BCUT2D eigenvalue weighted by Gasteiger charge is 2.09. The molecule has 0 heterocycles. The standard InChI is InChI=1S/C16H16O5/c1-18-12-7-9-13(10-8-12)21-16(17)11-20-15-6-4-3-5-14(15)19-2/h3-10H,11H2,1-2H3. The highest BCUT2D eigenvalue weighted by Crippen LogP contribution is 2.25. The van der Waals surface area contributed by atoms with Crippen LogP contribution in [0.1, 0.15) is 0 Å². The second-order valence-electron chi connectivity index (χ2n) is 4.09. The first-order valence-electron chi connectivity index (χ1n) is 6.33. The van der Waals surface area contributed by atoms with Crippen molar-refractivity contribution in [1.29, 1.82) is 0 Å². The number of ether oxygens (including phenoxy) is 4. The number of rotatable bonds is 6. The van der Waals surface area contributed by atoms with Gasteiger partial charge in [-0.25, -0.2) is 4.79 Å². The highest BCUT2D eigenvalue weighted by molar-refractivity contribution is 5.74. The number of carbonyl (C=O) groups is 1. The Morgan fingerprint density at radius 2 is 1.48 bits per heavy atom. The second-order valence-corrected chi connectivity index (χ2v) is 4.09. The van der Waals surface area contributed by atoms with Crippen LogP contribution < -0.4 is 18.9 Å². The molecule has 21 heavy (non-hydrogen) atoms. The van der Waals surface area contributed by atoms with Crippen molar-refractivity contribution in [2.75, 3.05) is 20.8 Å². The van der Waals surface area contributed by atoms with E-state index < -0.39 is 5.97 Å². The molecule has 0 aliphatic heterocycles. The van der Waals surface area contributed by atoms with Gasteiger partial charge in [0.05, 0.1) is 14.2 Å². The molecule has 2 rings (SSSR count). The summed E-state index contributed by atoms with van der Waals surface area (Å²) >= 11 is 0. The Bertz CT molecular complexity index is 592. The number of benzene rings is 2. The molecule has 0 aliphatic rings. The van der Waals surface area contributed by atoms with Crippen molar-refractivity contribution < 1.29 is 23.7 Å².